The molecule has 3 rings (SSSR count). The van der Waals surface area contributed by atoms with E-state index in [1.54, 1.807) is 54.6 Å². The normalized spacial score (nSPS) is 21.4. The first kappa shape index (κ1) is 40.6. The minimum absolute atomic E-state index is 0.0444. The number of terminal acetylenes is 1. The lowest BCUT2D eigenvalue weighted by atomic mass is 9.88. The topological polar surface area (TPSA) is 214 Å². The lowest BCUT2D eigenvalue weighted by Gasteiger charge is -2.46. The van der Waals surface area contributed by atoms with Crippen LogP contribution in [0.1, 0.15) is 17.5 Å². The number of hydrogen-bond donors (Lipinski definition) is 7. The summed E-state index contributed by atoms with van der Waals surface area (Å²) in [6, 6.07) is 13.0. The number of carboxylic acids is 1. The number of benzene rings is 2. The number of aliphatic hydroxyl groups is 3. The predicted octanol–water partition coefficient (Wildman–Crippen LogP) is 0.219. The molecular weight excluding hydrogens is 678 g/mol. The summed E-state index contributed by atoms with van der Waals surface area (Å²) in [7, 11) is 0. The van der Waals surface area contributed by atoms with Crippen molar-refractivity contribution in [3.63, 3.8) is 0 Å². The standard InChI is InChI=1S/C34H44ClN3O12/c1-2-13-46-15-17-48-18-16-47-14-12-36-33(45)38-29-26(39)20-34(32(43)44,49-22-24-6-4-3-5-7-24)50-31(29)30(42)27(40)21-37-28(41)19-23-8-10-25(35)11-9-23/h1,3-11,26-27,29-31,39-40,42H,12-22H2,(H,37,41)(H,43,44)(H2,36,38,45)/t26-,27+,29+,30+,31+,34+/m0/s1. The minimum atomic E-state index is -2.46. The molecular formula is C34H44ClN3O12. The number of aliphatic hydroxyl groups excluding tert-OH is 3. The number of nitrogens with one attached hydrogen (secondary N) is 3. The quantitative estimate of drug-likeness (QED) is 0.0681. The molecule has 7 N–H and O–H groups in total. The average molecular weight is 722 g/mol. The van der Waals surface area contributed by atoms with Gasteiger partial charge in [0.15, 0.2) is 0 Å². The van der Waals surface area contributed by atoms with E-state index in [1.165, 1.54) is 0 Å². The Morgan fingerprint density at radius 3 is 2.28 bits per heavy atom. The van der Waals surface area contributed by atoms with Gasteiger partial charge in [0.05, 0.1) is 64.3 Å². The van der Waals surface area contributed by atoms with Crippen molar-refractivity contribution >= 4 is 29.5 Å². The van der Waals surface area contributed by atoms with Gasteiger partial charge >= 0.3 is 12.0 Å². The van der Waals surface area contributed by atoms with Gasteiger partial charge in [0.1, 0.15) is 18.8 Å². The van der Waals surface area contributed by atoms with Gasteiger partial charge in [0.2, 0.25) is 5.91 Å². The molecule has 6 atom stereocenters. The Hall–Kier alpha value is -3.82. The van der Waals surface area contributed by atoms with E-state index in [4.69, 9.17) is 41.7 Å². The summed E-state index contributed by atoms with van der Waals surface area (Å²) in [5, 5.41) is 51.5. The van der Waals surface area contributed by atoms with E-state index in [-0.39, 0.29) is 39.4 Å². The molecule has 16 heteroatoms. The Morgan fingerprint density at radius 1 is 0.960 bits per heavy atom. The Balaban J connectivity index is 1.62. The van der Waals surface area contributed by atoms with E-state index in [1.807, 2.05) is 0 Å². The van der Waals surface area contributed by atoms with E-state index in [9.17, 15) is 34.8 Å². The molecule has 274 valence electrons. The molecule has 2 aromatic rings. The molecule has 2 aromatic carbocycles. The molecule has 1 heterocycles. The number of ether oxygens (including phenoxy) is 5. The maximum atomic E-state index is 12.8. The highest BCUT2D eigenvalue weighted by molar-refractivity contribution is 6.30. The first-order valence-corrected chi connectivity index (χ1v) is 16.3. The third-order valence-corrected chi connectivity index (χ3v) is 7.74. The van der Waals surface area contributed by atoms with Gasteiger partial charge in [-0.2, -0.15) is 0 Å². The van der Waals surface area contributed by atoms with Gasteiger partial charge < -0.3 is 60.1 Å². The van der Waals surface area contributed by atoms with Gasteiger partial charge in [0, 0.05) is 24.5 Å². The molecule has 0 bridgehead atoms. The van der Waals surface area contributed by atoms with Crippen molar-refractivity contribution in [3.05, 3.63) is 70.7 Å². The highest BCUT2D eigenvalue weighted by Crippen LogP contribution is 2.34. The maximum Gasteiger partial charge on any atom is 0.364 e. The fraction of sp³-hybridized carbons (Fsp3) is 0.500. The van der Waals surface area contributed by atoms with Crippen LogP contribution in [-0.4, -0.2) is 127 Å². The van der Waals surface area contributed by atoms with E-state index >= 15 is 0 Å². The molecule has 0 aliphatic carbocycles. The van der Waals surface area contributed by atoms with Crippen molar-refractivity contribution < 1.29 is 58.5 Å². The Kier molecular flexibility index (Phi) is 17.4. The summed E-state index contributed by atoms with van der Waals surface area (Å²) in [5.41, 5.74) is 1.26. The monoisotopic (exact) mass is 721 g/mol. The second-order valence-electron chi connectivity index (χ2n) is 11.3. The highest BCUT2D eigenvalue weighted by Gasteiger charge is 2.56. The molecule has 0 unspecified atom stereocenters. The fourth-order valence-electron chi connectivity index (χ4n) is 4.91. The van der Waals surface area contributed by atoms with Crippen molar-refractivity contribution in [2.24, 2.45) is 0 Å². The van der Waals surface area contributed by atoms with Gasteiger partial charge in [0.25, 0.3) is 5.79 Å². The molecule has 1 aliphatic heterocycles. The molecule has 0 aromatic heterocycles. The van der Waals surface area contributed by atoms with Crippen LogP contribution in [0.2, 0.25) is 5.02 Å². The van der Waals surface area contributed by atoms with Crippen LogP contribution in [0.5, 0.6) is 0 Å². The number of rotatable bonds is 21. The lowest BCUT2D eigenvalue weighted by molar-refractivity contribution is -0.313. The van der Waals surface area contributed by atoms with Crippen molar-refractivity contribution in [1.82, 2.24) is 16.0 Å². The van der Waals surface area contributed by atoms with Crippen molar-refractivity contribution in [2.75, 3.05) is 52.7 Å². The Morgan fingerprint density at radius 2 is 1.62 bits per heavy atom. The summed E-state index contributed by atoms with van der Waals surface area (Å²) >= 11 is 5.89. The van der Waals surface area contributed by atoms with Crippen LogP contribution >= 0.6 is 11.6 Å². The number of hydrogen-bond acceptors (Lipinski definition) is 11. The van der Waals surface area contributed by atoms with Crippen molar-refractivity contribution in [2.45, 2.75) is 55.7 Å². The van der Waals surface area contributed by atoms with Crippen LogP contribution in [0.15, 0.2) is 54.6 Å². The summed E-state index contributed by atoms with van der Waals surface area (Å²) in [5.74, 6) is -2.19. The number of carbonyl (C=O) groups is 3. The van der Waals surface area contributed by atoms with Crippen LogP contribution in [0, 0.1) is 12.3 Å². The zero-order valence-corrected chi connectivity index (χ0v) is 28.1. The van der Waals surface area contributed by atoms with E-state index in [0.29, 0.717) is 36.0 Å². The van der Waals surface area contributed by atoms with Crippen LogP contribution in [0.3, 0.4) is 0 Å². The minimum Gasteiger partial charge on any atom is -0.477 e. The van der Waals surface area contributed by atoms with Crippen LogP contribution in [-0.2, 0) is 46.3 Å². The smallest absolute Gasteiger partial charge is 0.364 e. The van der Waals surface area contributed by atoms with Gasteiger partial charge in [-0.05, 0) is 23.3 Å². The summed E-state index contributed by atoms with van der Waals surface area (Å²) < 4.78 is 27.4. The number of amides is 3. The van der Waals surface area contributed by atoms with Crippen molar-refractivity contribution in [1.29, 1.82) is 0 Å². The number of aliphatic carboxylic acids is 1. The molecule has 15 nitrogen and oxygen atoms in total. The van der Waals surface area contributed by atoms with Crippen LogP contribution in [0.4, 0.5) is 4.79 Å². The van der Waals surface area contributed by atoms with Crippen LogP contribution in [0.25, 0.3) is 0 Å². The number of carbonyl (C=O) groups excluding carboxylic acids is 2. The predicted molar refractivity (Wildman–Crippen MR) is 179 cm³/mol. The summed E-state index contributed by atoms with van der Waals surface area (Å²) in [4.78, 5) is 37.9. The van der Waals surface area contributed by atoms with E-state index < -0.39 is 67.1 Å². The zero-order valence-electron chi connectivity index (χ0n) is 27.4. The Labute approximate surface area is 295 Å². The molecule has 1 fully saturated rings. The second kappa shape index (κ2) is 21.4. The van der Waals surface area contributed by atoms with Gasteiger partial charge in [-0.1, -0.05) is 60.0 Å². The highest BCUT2D eigenvalue weighted by atomic mass is 35.5. The molecule has 3 amide bonds. The number of urea groups is 1. The Bertz CT molecular complexity index is 1380. The second-order valence-corrected chi connectivity index (χ2v) is 11.7. The van der Waals surface area contributed by atoms with E-state index in [2.05, 4.69) is 21.9 Å². The first-order valence-electron chi connectivity index (χ1n) is 15.9. The molecule has 1 saturated heterocycles. The average Bonchev–Trinajstić information content (AvgIpc) is 3.10. The fourth-order valence-corrected chi connectivity index (χ4v) is 5.03. The van der Waals surface area contributed by atoms with E-state index in [0.717, 1.165) is 0 Å². The van der Waals surface area contributed by atoms with Gasteiger partial charge in [-0.25, -0.2) is 9.59 Å². The first-order chi connectivity index (χ1) is 24.0. The SMILES string of the molecule is C#CCOCCOCCOCCNC(=O)N[C@H]1[C@H]([C@H](O)[C@H](O)CNC(=O)Cc2ccc(Cl)cc2)O[C@@](OCc2ccccc2)(C(=O)O)C[C@@H]1O. The summed E-state index contributed by atoms with van der Waals surface area (Å²) in [6.07, 6.45) is -2.54. The number of halogens is 1. The molecule has 50 heavy (non-hydrogen) atoms. The molecule has 0 spiro atoms. The zero-order chi connectivity index (χ0) is 36.4. The molecule has 1 aliphatic rings. The maximum absolute atomic E-state index is 12.8. The van der Waals surface area contributed by atoms with Gasteiger partial charge in [-0.15, -0.1) is 6.42 Å². The third-order valence-electron chi connectivity index (χ3n) is 7.49. The third kappa shape index (κ3) is 13.5. The lowest BCUT2D eigenvalue weighted by Crippen LogP contribution is -2.68. The number of carboxylic acid groups (broad SMARTS) is 1. The largest absolute Gasteiger partial charge is 0.477 e. The molecule has 0 radical (unpaired) electrons. The van der Waals surface area contributed by atoms with Crippen LogP contribution < -0.4 is 16.0 Å². The van der Waals surface area contributed by atoms with Crippen molar-refractivity contribution in [3.8, 4) is 12.3 Å². The molecule has 0 saturated carbocycles. The van der Waals surface area contributed by atoms with Gasteiger partial charge in [-0.3, -0.25) is 4.79 Å². The summed E-state index contributed by atoms with van der Waals surface area (Å²) in [6.45, 7) is 0.899.